The summed E-state index contributed by atoms with van der Waals surface area (Å²) >= 11 is 0. The smallest absolute Gasteiger partial charge is 0.255 e. The van der Waals surface area contributed by atoms with E-state index in [4.69, 9.17) is 9.47 Å². The number of amides is 2. The second-order valence-electron chi connectivity index (χ2n) is 10.5. The van der Waals surface area contributed by atoms with Crippen LogP contribution >= 0.6 is 0 Å². The molecular weight excluding hydrogens is 505 g/mol. The number of aliphatic hydroxyl groups is 1. The normalized spacial score (nSPS) is 19.9. The minimum absolute atomic E-state index is 0.0191. The zero-order valence-electron chi connectivity index (χ0n) is 22.3. The number of nitrogens with zero attached hydrogens (tertiary/aromatic N) is 2. The van der Waals surface area contributed by atoms with Gasteiger partial charge in [0.2, 0.25) is 5.91 Å². The molecule has 2 aromatic heterocycles. The predicted octanol–water partition coefficient (Wildman–Crippen LogP) is 3.41. The number of halogens is 1. The molecule has 1 aromatic carbocycles. The quantitative estimate of drug-likeness (QED) is 0.327. The third kappa shape index (κ3) is 5.83. The third-order valence-corrected chi connectivity index (χ3v) is 7.47. The maximum Gasteiger partial charge on any atom is 0.255 e. The van der Waals surface area contributed by atoms with Crippen LogP contribution in [0.5, 0.6) is 11.5 Å². The van der Waals surface area contributed by atoms with Gasteiger partial charge in [0.05, 0.1) is 24.8 Å². The number of nitrogens with one attached hydrogen (secondary N) is 3. The van der Waals surface area contributed by atoms with Crippen LogP contribution in [0.1, 0.15) is 61.5 Å². The van der Waals surface area contributed by atoms with Gasteiger partial charge in [0.1, 0.15) is 29.4 Å². The number of fused-ring (bicyclic) bond motifs is 1. The van der Waals surface area contributed by atoms with Crippen molar-refractivity contribution in [1.82, 2.24) is 25.6 Å². The number of aromatic amines is 1. The fourth-order valence-electron chi connectivity index (χ4n) is 5.05. The summed E-state index contributed by atoms with van der Waals surface area (Å²) in [4.78, 5) is 37.3. The maximum atomic E-state index is 14.6. The van der Waals surface area contributed by atoms with Crippen molar-refractivity contribution in [3.63, 3.8) is 0 Å². The molecule has 1 atom stereocenters. The number of benzene rings is 1. The molecule has 2 fully saturated rings. The molecule has 2 heterocycles. The molecule has 11 heteroatoms. The number of aliphatic hydroxyl groups excluding tert-OH is 1. The highest BCUT2D eigenvalue weighted by Crippen LogP contribution is 2.39. The van der Waals surface area contributed by atoms with Gasteiger partial charge in [0.15, 0.2) is 11.6 Å². The van der Waals surface area contributed by atoms with Gasteiger partial charge in [-0.1, -0.05) is 0 Å². The largest absolute Gasteiger partial charge is 0.494 e. The Hall–Kier alpha value is -3.73. The molecule has 0 bridgehead atoms. The van der Waals surface area contributed by atoms with Crippen molar-refractivity contribution in [2.75, 3.05) is 13.7 Å². The zero-order chi connectivity index (χ0) is 27.7. The first-order valence-corrected chi connectivity index (χ1v) is 13.4. The average Bonchev–Trinajstić information content (AvgIpc) is 3.68. The van der Waals surface area contributed by atoms with Crippen LogP contribution < -0.4 is 20.1 Å². The number of ether oxygens (including phenoxy) is 2. The van der Waals surface area contributed by atoms with Gasteiger partial charge in [-0.15, -0.1) is 0 Å². The average molecular weight is 540 g/mol. The Balaban J connectivity index is 1.38. The number of aryl methyl sites for hydroxylation is 1. The van der Waals surface area contributed by atoms with Crippen molar-refractivity contribution in [1.29, 1.82) is 0 Å². The molecule has 2 aliphatic carbocycles. The number of carbonyl (C=O) groups excluding carboxylic acids is 2. The third-order valence-electron chi connectivity index (χ3n) is 7.47. The van der Waals surface area contributed by atoms with Crippen LogP contribution in [-0.2, 0) is 4.79 Å². The van der Waals surface area contributed by atoms with Gasteiger partial charge in [0.25, 0.3) is 5.91 Å². The lowest BCUT2D eigenvalue weighted by atomic mass is 9.90. The Labute approximate surface area is 225 Å². The molecule has 0 aliphatic heterocycles. The number of methoxy groups -OCH3 is 1. The standard InChI is InChI=1S/C28H34FN5O5/c1-14-23(28(37)34-18-8-6-17(7-9-18)33-27(36)15(2)35)25-26(32-14)24(30-13-31-25)19-10-22(38-3)20(29)11-21(19)39-12-16-4-5-16/h10-11,13,15-18,32,35H,4-9,12H2,1-3H3,(H,33,36)(H,34,37)/t15-,17-,18+/m0/s1. The molecule has 39 heavy (non-hydrogen) atoms. The second kappa shape index (κ2) is 11.2. The fraction of sp³-hybridized carbons (Fsp3) is 0.500. The van der Waals surface area contributed by atoms with E-state index in [0.717, 1.165) is 12.8 Å². The van der Waals surface area contributed by atoms with Gasteiger partial charge in [-0.25, -0.2) is 14.4 Å². The summed E-state index contributed by atoms with van der Waals surface area (Å²) in [5.74, 6) is -0.259. The molecule has 5 rings (SSSR count). The Morgan fingerprint density at radius 3 is 2.44 bits per heavy atom. The molecule has 3 aromatic rings. The van der Waals surface area contributed by atoms with E-state index < -0.39 is 11.9 Å². The lowest BCUT2D eigenvalue weighted by Gasteiger charge is -2.30. The van der Waals surface area contributed by atoms with Crippen molar-refractivity contribution in [3.8, 4) is 22.8 Å². The minimum atomic E-state index is -1.05. The van der Waals surface area contributed by atoms with E-state index >= 15 is 0 Å². The topological polar surface area (TPSA) is 138 Å². The van der Waals surface area contributed by atoms with Crippen LogP contribution in [0.4, 0.5) is 4.39 Å². The number of H-pyrrole nitrogens is 1. The summed E-state index contributed by atoms with van der Waals surface area (Å²) in [6.07, 6.45) is 5.35. The van der Waals surface area contributed by atoms with Crippen LogP contribution in [0.2, 0.25) is 0 Å². The van der Waals surface area contributed by atoms with Gasteiger partial charge in [-0.3, -0.25) is 9.59 Å². The van der Waals surface area contributed by atoms with Gasteiger partial charge < -0.3 is 30.2 Å². The highest BCUT2D eigenvalue weighted by atomic mass is 19.1. The lowest BCUT2D eigenvalue weighted by Crippen LogP contribution is -2.46. The molecule has 2 amide bonds. The first-order valence-electron chi connectivity index (χ1n) is 13.4. The summed E-state index contributed by atoms with van der Waals surface area (Å²) in [5, 5.41) is 15.4. The summed E-state index contributed by atoms with van der Waals surface area (Å²) < 4.78 is 25.8. The van der Waals surface area contributed by atoms with Crippen molar-refractivity contribution in [3.05, 3.63) is 35.5 Å². The van der Waals surface area contributed by atoms with Crippen molar-refractivity contribution < 1.29 is 28.6 Å². The molecule has 0 unspecified atom stereocenters. The lowest BCUT2D eigenvalue weighted by molar-refractivity contribution is -0.129. The SMILES string of the molecule is COc1cc(-c2ncnc3c(C(=O)N[C@H]4CC[C@@H](NC(=O)[C@H](C)O)CC4)c(C)[nH]c23)c(OCC2CC2)cc1F. The van der Waals surface area contributed by atoms with Gasteiger partial charge in [-0.05, 0) is 64.4 Å². The monoisotopic (exact) mass is 539 g/mol. The molecule has 2 aliphatic rings. The summed E-state index contributed by atoms with van der Waals surface area (Å²) in [7, 11) is 1.40. The van der Waals surface area contributed by atoms with Crippen LogP contribution in [0.25, 0.3) is 22.3 Å². The van der Waals surface area contributed by atoms with Crippen LogP contribution in [-0.4, -0.2) is 63.8 Å². The van der Waals surface area contributed by atoms with Gasteiger partial charge >= 0.3 is 0 Å². The number of hydrogen-bond donors (Lipinski definition) is 4. The van der Waals surface area contributed by atoms with E-state index in [0.29, 0.717) is 77.5 Å². The Bertz CT molecular complexity index is 1380. The Kier molecular flexibility index (Phi) is 7.69. The first kappa shape index (κ1) is 26.9. The van der Waals surface area contributed by atoms with E-state index in [-0.39, 0.29) is 29.6 Å². The molecule has 0 spiro atoms. The Morgan fingerprint density at radius 2 is 1.79 bits per heavy atom. The van der Waals surface area contributed by atoms with Gasteiger partial charge in [0, 0.05) is 29.4 Å². The maximum absolute atomic E-state index is 14.6. The van der Waals surface area contributed by atoms with E-state index in [2.05, 4.69) is 25.6 Å². The van der Waals surface area contributed by atoms with Crippen molar-refractivity contribution in [2.24, 2.45) is 5.92 Å². The zero-order valence-corrected chi connectivity index (χ0v) is 22.3. The summed E-state index contributed by atoms with van der Waals surface area (Å²) in [6.45, 7) is 3.74. The molecular formula is C28H34FN5O5. The Morgan fingerprint density at radius 1 is 1.10 bits per heavy atom. The van der Waals surface area contributed by atoms with Crippen LogP contribution in [0.3, 0.4) is 0 Å². The summed E-state index contributed by atoms with van der Waals surface area (Å²) in [5.41, 5.74) is 3.11. The first-order chi connectivity index (χ1) is 18.7. The van der Waals surface area contributed by atoms with Crippen LogP contribution in [0, 0.1) is 18.7 Å². The van der Waals surface area contributed by atoms with Gasteiger partial charge in [-0.2, -0.15) is 0 Å². The van der Waals surface area contributed by atoms with E-state index in [1.807, 2.05) is 0 Å². The molecule has 2 saturated carbocycles. The molecule has 10 nitrogen and oxygen atoms in total. The number of aromatic nitrogens is 3. The van der Waals surface area contributed by atoms with Crippen LogP contribution in [0.15, 0.2) is 18.5 Å². The predicted molar refractivity (Wildman–Crippen MR) is 142 cm³/mol. The molecule has 208 valence electrons. The number of hydrogen-bond acceptors (Lipinski definition) is 7. The minimum Gasteiger partial charge on any atom is -0.494 e. The van der Waals surface area contributed by atoms with E-state index in [1.165, 1.54) is 26.4 Å². The highest BCUT2D eigenvalue weighted by Gasteiger charge is 2.28. The van der Waals surface area contributed by atoms with Crippen molar-refractivity contribution in [2.45, 2.75) is 70.6 Å². The highest BCUT2D eigenvalue weighted by molar-refractivity contribution is 6.09. The number of carbonyl (C=O) groups is 2. The number of rotatable bonds is 9. The fourth-order valence-corrected chi connectivity index (χ4v) is 5.05. The second-order valence-corrected chi connectivity index (χ2v) is 10.5. The van der Waals surface area contributed by atoms with E-state index in [1.54, 1.807) is 13.0 Å². The van der Waals surface area contributed by atoms with E-state index in [9.17, 15) is 19.1 Å². The van der Waals surface area contributed by atoms with Crippen molar-refractivity contribution >= 4 is 22.8 Å². The molecule has 0 radical (unpaired) electrons. The molecule has 0 saturated heterocycles. The summed E-state index contributed by atoms with van der Waals surface area (Å²) in [6, 6.07) is 2.80. The molecule has 4 N–H and O–H groups in total.